The van der Waals surface area contributed by atoms with Gasteiger partial charge in [0.25, 0.3) is 0 Å². The van der Waals surface area contributed by atoms with Gasteiger partial charge in [-0.15, -0.1) is 0 Å². The minimum absolute atomic E-state index is 0.00237. The number of aromatic nitrogens is 2. The number of nitrogens with zero attached hydrogens (tertiary/aromatic N) is 1. The second-order valence-electron chi connectivity index (χ2n) is 7.29. The second kappa shape index (κ2) is 7.93. The van der Waals surface area contributed by atoms with Crippen LogP contribution >= 0.6 is 15.9 Å². The van der Waals surface area contributed by atoms with Crippen LogP contribution in [0.3, 0.4) is 0 Å². The van der Waals surface area contributed by atoms with Crippen LogP contribution in [-0.2, 0) is 11.4 Å². The van der Waals surface area contributed by atoms with Gasteiger partial charge in [-0.05, 0) is 71.4 Å². The fourth-order valence-corrected chi connectivity index (χ4v) is 4.52. The number of carbonyl (C=O) groups is 1. The van der Waals surface area contributed by atoms with E-state index in [4.69, 9.17) is 0 Å². The zero-order valence-electron chi connectivity index (χ0n) is 15.3. The number of hydrogen-bond donors (Lipinski definition) is 3. The molecule has 146 valence electrons. The Bertz CT molecular complexity index is 1060. The lowest BCUT2D eigenvalue weighted by Gasteiger charge is -2.28. The topological polar surface area (TPSA) is 87.1 Å². The molecule has 2 aromatic carbocycles. The molecule has 1 aromatic heterocycles. The molecule has 0 radical (unpaired) electrons. The van der Waals surface area contributed by atoms with Crippen molar-refractivity contribution in [3.63, 3.8) is 0 Å². The smallest absolute Gasteiger partial charge is 0.326 e. The van der Waals surface area contributed by atoms with Crippen molar-refractivity contribution in [1.29, 1.82) is 0 Å². The number of nitrogens with one attached hydrogen (secondary N) is 2. The van der Waals surface area contributed by atoms with Crippen LogP contribution in [0.5, 0.6) is 0 Å². The number of aromatic amines is 1. The largest absolute Gasteiger partial charge is 0.392 e. The Morgan fingerprint density at radius 2 is 1.93 bits per heavy atom. The van der Waals surface area contributed by atoms with Gasteiger partial charge in [-0.3, -0.25) is 9.36 Å². The van der Waals surface area contributed by atoms with Crippen LogP contribution in [0, 0.1) is 5.92 Å². The zero-order chi connectivity index (χ0) is 19.7. The predicted molar refractivity (Wildman–Crippen MR) is 112 cm³/mol. The van der Waals surface area contributed by atoms with Crippen molar-refractivity contribution in [2.24, 2.45) is 5.92 Å². The van der Waals surface area contributed by atoms with Gasteiger partial charge in [-0.2, -0.15) is 0 Å². The standard InChI is InChI=1S/C21H22BrN3O3/c22-17-5-2-6-18-19(17)24-21(28)25(18)16-9-7-14(8-10-16)20(27)23-15-4-1-3-13(11-15)12-26/h1-6,11,14,16,26H,7-10,12H2,(H,23,27)(H,24,28). The fraction of sp³-hybridized carbons (Fsp3) is 0.333. The third-order valence-electron chi connectivity index (χ3n) is 5.51. The van der Waals surface area contributed by atoms with Crippen LogP contribution in [0.25, 0.3) is 11.0 Å². The highest BCUT2D eigenvalue weighted by Crippen LogP contribution is 2.34. The summed E-state index contributed by atoms with van der Waals surface area (Å²) in [6.07, 6.45) is 3.05. The van der Waals surface area contributed by atoms with Crippen LogP contribution in [0.2, 0.25) is 0 Å². The highest BCUT2D eigenvalue weighted by molar-refractivity contribution is 9.10. The molecule has 1 aliphatic rings. The van der Waals surface area contributed by atoms with E-state index in [1.165, 1.54) is 0 Å². The molecule has 6 nitrogen and oxygen atoms in total. The maximum Gasteiger partial charge on any atom is 0.326 e. The molecule has 1 fully saturated rings. The molecular formula is C21H22BrN3O3. The molecule has 1 aliphatic carbocycles. The van der Waals surface area contributed by atoms with Gasteiger partial charge in [0, 0.05) is 22.1 Å². The van der Waals surface area contributed by atoms with Gasteiger partial charge in [-0.1, -0.05) is 18.2 Å². The summed E-state index contributed by atoms with van der Waals surface area (Å²) in [4.78, 5) is 28.1. The van der Waals surface area contributed by atoms with Gasteiger partial charge in [-0.25, -0.2) is 4.79 Å². The summed E-state index contributed by atoms with van der Waals surface area (Å²) in [5, 5.41) is 12.2. The number of anilines is 1. The van der Waals surface area contributed by atoms with Crippen molar-refractivity contribution in [3.05, 3.63) is 63.0 Å². The number of aliphatic hydroxyl groups excluding tert-OH is 1. The van der Waals surface area contributed by atoms with Gasteiger partial charge in [0.15, 0.2) is 0 Å². The lowest BCUT2D eigenvalue weighted by Crippen LogP contribution is -2.31. The number of halogens is 1. The molecule has 1 heterocycles. The number of benzene rings is 2. The summed E-state index contributed by atoms with van der Waals surface area (Å²) in [5.41, 5.74) is 3.09. The molecule has 0 spiro atoms. The number of fused-ring (bicyclic) bond motifs is 1. The predicted octanol–water partition coefficient (Wildman–Crippen LogP) is 3.95. The molecule has 0 aliphatic heterocycles. The van der Waals surface area contributed by atoms with E-state index in [9.17, 15) is 14.7 Å². The van der Waals surface area contributed by atoms with Crippen LogP contribution in [0.15, 0.2) is 51.7 Å². The molecule has 3 N–H and O–H groups in total. The number of rotatable bonds is 4. The molecule has 0 saturated heterocycles. The molecule has 1 amide bonds. The Kier molecular flexibility index (Phi) is 5.37. The Hall–Kier alpha value is -2.38. The first-order valence-corrected chi connectivity index (χ1v) is 10.3. The van der Waals surface area contributed by atoms with Crippen LogP contribution in [-0.4, -0.2) is 20.6 Å². The maximum absolute atomic E-state index is 12.6. The Labute approximate surface area is 170 Å². The number of carbonyl (C=O) groups excluding carboxylic acids is 1. The molecule has 3 aromatic rings. The average molecular weight is 444 g/mol. The van der Waals surface area contributed by atoms with Crippen LogP contribution in [0.1, 0.15) is 37.3 Å². The van der Waals surface area contributed by atoms with Crippen molar-refractivity contribution < 1.29 is 9.90 Å². The van der Waals surface area contributed by atoms with Gasteiger partial charge in [0.2, 0.25) is 5.91 Å². The highest BCUT2D eigenvalue weighted by atomic mass is 79.9. The van der Waals surface area contributed by atoms with Gasteiger partial charge in [0.1, 0.15) is 0 Å². The molecule has 0 bridgehead atoms. The first kappa shape index (κ1) is 19.0. The fourth-order valence-electron chi connectivity index (χ4n) is 4.06. The SMILES string of the molecule is O=C(Nc1cccc(CO)c1)C1CCC(n2c(=O)[nH]c3c(Br)cccc32)CC1. The summed E-state index contributed by atoms with van der Waals surface area (Å²) in [6, 6.07) is 13.1. The minimum atomic E-state index is -0.101. The molecule has 28 heavy (non-hydrogen) atoms. The van der Waals surface area contributed by atoms with Gasteiger partial charge < -0.3 is 15.4 Å². The summed E-state index contributed by atoms with van der Waals surface area (Å²) in [6.45, 7) is -0.0513. The number of aliphatic hydroxyl groups is 1. The van der Waals surface area contributed by atoms with Crippen LogP contribution < -0.4 is 11.0 Å². The number of para-hydroxylation sites is 1. The van der Waals surface area contributed by atoms with E-state index < -0.39 is 0 Å². The average Bonchev–Trinajstić information content (AvgIpc) is 3.05. The summed E-state index contributed by atoms with van der Waals surface area (Å²) < 4.78 is 2.71. The van der Waals surface area contributed by atoms with Crippen molar-refractivity contribution >= 4 is 38.6 Å². The van der Waals surface area contributed by atoms with E-state index in [1.807, 2.05) is 41.0 Å². The minimum Gasteiger partial charge on any atom is -0.392 e. The Balaban J connectivity index is 1.45. The van der Waals surface area contributed by atoms with Crippen molar-refractivity contribution in [3.8, 4) is 0 Å². The summed E-state index contributed by atoms with van der Waals surface area (Å²) >= 11 is 3.49. The normalized spacial score (nSPS) is 19.6. The van der Waals surface area contributed by atoms with E-state index in [2.05, 4.69) is 26.2 Å². The molecule has 7 heteroatoms. The first-order valence-electron chi connectivity index (χ1n) is 9.46. The highest BCUT2D eigenvalue weighted by Gasteiger charge is 2.29. The number of imidazole rings is 1. The van der Waals surface area contributed by atoms with Crippen LogP contribution in [0.4, 0.5) is 5.69 Å². The van der Waals surface area contributed by atoms with Gasteiger partial charge in [0.05, 0.1) is 17.6 Å². The maximum atomic E-state index is 12.6. The van der Waals surface area contributed by atoms with E-state index in [-0.39, 0.29) is 30.2 Å². The lowest BCUT2D eigenvalue weighted by atomic mass is 9.85. The summed E-state index contributed by atoms with van der Waals surface area (Å²) in [5.74, 6) is -0.0655. The third kappa shape index (κ3) is 3.64. The molecular weight excluding hydrogens is 422 g/mol. The molecule has 1 saturated carbocycles. The van der Waals surface area contributed by atoms with E-state index >= 15 is 0 Å². The van der Waals surface area contributed by atoms with E-state index in [0.717, 1.165) is 46.8 Å². The number of hydrogen-bond acceptors (Lipinski definition) is 3. The first-order chi connectivity index (χ1) is 13.6. The molecule has 0 unspecified atom stereocenters. The molecule has 0 atom stereocenters. The number of amides is 1. The monoisotopic (exact) mass is 443 g/mol. The zero-order valence-corrected chi connectivity index (χ0v) is 16.9. The van der Waals surface area contributed by atoms with E-state index in [0.29, 0.717) is 5.69 Å². The Morgan fingerprint density at radius 1 is 1.18 bits per heavy atom. The third-order valence-corrected chi connectivity index (χ3v) is 6.17. The number of H-pyrrole nitrogens is 1. The molecule has 4 rings (SSSR count). The lowest BCUT2D eigenvalue weighted by molar-refractivity contribution is -0.121. The van der Waals surface area contributed by atoms with Gasteiger partial charge >= 0.3 is 5.69 Å². The van der Waals surface area contributed by atoms with Crippen molar-refractivity contribution in [1.82, 2.24) is 9.55 Å². The quantitative estimate of drug-likeness (QED) is 0.570. The Morgan fingerprint density at radius 3 is 2.68 bits per heavy atom. The second-order valence-corrected chi connectivity index (χ2v) is 8.14. The summed E-state index contributed by atoms with van der Waals surface area (Å²) in [7, 11) is 0. The van der Waals surface area contributed by atoms with Crippen molar-refractivity contribution in [2.75, 3.05) is 5.32 Å². The van der Waals surface area contributed by atoms with E-state index in [1.54, 1.807) is 6.07 Å². The van der Waals surface area contributed by atoms with Crippen molar-refractivity contribution in [2.45, 2.75) is 38.3 Å².